The number of aromatic amines is 1. The minimum atomic E-state index is -0.260. The molecule has 1 saturated carbocycles. The number of carbonyl (C=O) groups excluding carboxylic acids is 2. The molecule has 2 saturated heterocycles. The molecule has 0 bridgehead atoms. The Kier molecular flexibility index (Phi) is 7.24. The Morgan fingerprint density at radius 1 is 1.16 bits per heavy atom. The van der Waals surface area contributed by atoms with Crippen LogP contribution >= 0.6 is 0 Å². The highest BCUT2D eigenvalue weighted by atomic mass is 16.5. The molecular weight excluding hydrogens is 542 g/mol. The van der Waals surface area contributed by atoms with Gasteiger partial charge in [0.25, 0.3) is 5.91 Å². The largest absolute Gasteiger partial charge is 0.381 e. The predicted molar refractivity (Wildman–Crippen MR) is 163 cm³/mol. The number of hydrogen-bond acceptors (Lipinski definition) is 7. The summed E-state index contributed by atoms with van der Waals surface area (Å²) in [5.41, 5.74) is 6.13. The lowest BCUT2D eigenvalue weighted by molar-refractivity contribution is -0.117. The van der Waals surface area contributed by atoms with Crippen LogP contribution in [0, 0.1) is 5.92 Å². The van der Waals surface area contributed by atoms with Crippen molar-refractivity contribution in [1.82, 2.24) is 30.2 Å². The molecule has 3 fully saturated rings. The highest BCUT2D eigenvalue weighted by Crippen LogP contribution is 2.59. The first-order valence-electron chi connectivity index (χ1n) is 14.9. The summed E-state index contributed by atoms with van der Waals surface area (Å²) in [5, 5.41) is 7.05. The summed E-state index contributed by atoms with van der Waals surface area (Å²) in [7, 11) is 0. The monoisotopic (exact) mass is 577 g/mol. The number of rotatable bonds is 8. The molecule has 0 spiro atoms. The molecule has 3 N–H and O–H groups in total. The van der Waals surface area contributed by atoms with Crippen LogP contribution in [-0.4, -0.2) is 69.0 Å². The van der Waals surface area contributed by atoms with Crippen LogP contribution in [0.5, 0.6) is 0 Å². The van der Waals surface area contributed by atoms with Gasteiger partial charge in [-0.3, -0.25) is 19.5 Å². The summed E-state index contributed by atoms with van der Waals surface area (Å²) in [4.78, 5) is 44.1. The van der Waals surface area contributed by atoms with Crippen molar-refractivity contribution in [3.05, 3.63) is 84.6 Å². The summed E-state index contributed by atoms with van der Waals surface area (Å²) in [6.45, 7) is 7.51. The molecule has 2 amide bonds. The van der Waals surface area contributed by atoms with Crippen LogP contribution in [0.3, 0.4) is 0 Å². The first kappa shape index (κ1) is 27.4. The van der Waals surface area contributed by atoms with Gasteiger partial charge in [-0.25, -0.2) is 9.97 Å². The van der Waals surface area contributed by atoms with Gasteiger partial charge in [-0.15, -0.1) is 0 Å². The number of carbonyl (C=O) groups is 2. The van der Waals surface area contributed by atoms with Crippen LogP contribution in [0.4, 0.5) is 5.69 Å². The maximum atomic E-state index is 13.1. The normalized spacial score (nSPS) is 23.3. The Labute approximate surface area is 250 Å². The van der Waals surface area contributed by atoms with Crippen LogP contribution < -0.4 is 10.6 Å². The third kappa shape index (κ3) is 5.55. The van der Waals surface area contributed by atoms with Crippen LogP contribution in [-0.2, 0) is 21.5 Å². The second-order valence-corrected chi connectivity index (χ2v) is 11.9. The van der Waals surface area contributed by atoms with E-state index in [-0.39, 0.29) is 23.3 Å². The Bertz CT molecular complexity index is 1680. The number of anilines is 1. The van der Waals surface area contributed by atoms with Gasteiger partial charge < -0.3 is 20.4 Å². The fraction of sp³-hybridized carbons (Fsp3) is 0.364. The minimum Gasteiger partial charge on any atom is -0.381 e. The molecule has 3 aliphatic rings. The SMILES string of the molecule is C=CC(=O)N[C@@H]1CCCN(Cc2ccnc(C(=O)Nc3ccc(-c4cc5c(C67CCOCC6C7)ncnc5[nH]4)cc3)c2)C1. The van der Waals surface area contributed by atoms with Crippen molar-refractivity contribution in [3.8, 4) is 11.3 Å². The lowest BCUT2D eigenvalue weighted by atomic mass is 9.91. The summed E-state index contributed by atoms with van der Waals surface area (Å²) in [5.74, 6) is 0.142. The molecule has 220 valence electrons. The smallest absolute Gasteiger partial charge is 0.274 e. The van der Waals surface area contributed by atoms with E-state index in [1.165, 1.54) is 6.08 Å². The van der Waals surface area contributed by atoms with E-state index in [0.717, 1.165) is 85.5 Å². The topological polar surface area (TPSA) is 125 Å². The standard InChI is InChI=1S/C33H35N7O3/c1-2-29(41)37-25-4-3-12-40(18-25)17-21-9-11-34-28(14-21)32(42)38-24-7-5-22(6-8-24)27-15-26-30(35-20-36-31(26)39-27)33-10-13-43-19-23(33)16-33/h2,5-9,11,14-15,20,23,25H,1,3-4,10,12-13,16-19H2,(H,37,41)(H,38,42)(H,35,36,39)/t23?,25-,33?/m1/s1. The Morgan fingerprint density at radius 3 is 2.88 bits per heavy atom. The van der Waals surface area contributed by atoms with Gasteiger partial charge in [0.2, 0.25) is 5.91 Å². The number of benzene rings is 1. The van der Waals surface area contributed by atoms with Gasteiger partial charge in [0.1, 0.15) is 17.7 Å². The predicted octanol–water partition coefficient (Wildman–Crippen LogP) is 4.22. The first-order valence-corrected chi connectivity index (χ1v) is 14.9. The quantitative estimate of drug-likeness (QED) is 0.268. The third-order valence-corrected chi connectivity index (χ3v) is 9.10. The zero-order valence-electron chi connectivity index (χ0n) is 24.0. The fourth-order valence-corrected chi connectivity index (χ4v) is 6.75. The van der Waals surface area contributed by atoms with Gasteiger partial charge in [-0.2, -0.15) is 0 Å². The lowest BCUT2D eigenvalue weighted by Crippen LogP contribution is -2.46. The third-order valence-electron chi connectivity index (χ3n) is 9.10. The van der Waals surface area contributed by atoms with Gasteiger partial charge >= 0.3 is 0 Å². The van der Waals surface area contributed by atoms with Gasteiger partial charge in [0.15, 0.2) is 0 Å². The summed E-state index contributed by atoms with van der Waals surface area (Å²) in [6, 6.07) is 13.8. The maximum absolute atomic E-state index is 13.1. The molecule has 2 aliphatic heterocycles. The van der Waals surface area contributed by atoms with E-state index in [0.29, 0.717) is 23.8 Å². The minimum absolute atomic E-state index is 0.100. The molecule has 10 nitrogen and oxygen atoms in total. The molecule has 2 unspecified atom stereocenters. The van der Waals surface area contributed by atoms with Crippen molar-refractivity contribution in [2.24, 2.45) is 5.92 Å². The fourth-order valence-electron chi connectivity index (χ4n) is 6.75. The molecule has 1 aromatic carbocycles. The molecule has 10 heteroatoms. The number of fused-ring (bicyclic) bond motifs is 2. The van der Waals surface area contributed by atoms with Crippen LogP contribution in [0.2, 0.25) is 0 Å². The summed E-state index contributed by atoms with van der Waals surface area (Å²) < 4.78 is 5.68. The number of aromatic nitrogens is 4. The number of nitrogens with one attached hydrogen (secondary N) is 3. The van der Waals surface area contributed by atoms with E-state index in [9.17, 15) is 9.59 Å². The highest BCUT2D eigenvalue weighted by Gasteiger charge is 2.58. The summed E-state index contributed by atoms with van der Waals surface area (Å²) in [6.07, 6.45) is 8.72. The number of H-pyrrole nitrogens is 1. The number of piperidine rings is 1. The van der Waals surface area contributed by atoms with Crippen LogP contribution in [0.25, 0.3) is 22.3 Å². The van der Waals surface area contributed by atoms with Gasteiger partial charge in [-0.05, 0) is 85.7 Å². The van der Waals surface area contributed by atoms with Crippen molar-refractivity contribution < 1.29 is 14.3 Å². The molecule has 0 radical (unpaired) electrons. The van der Waals surface area contributed by atoms with Crippen LogP contribution in [0.15, 0.2) is 67.6 Å². The van der Waals surface area contributed by atoms with Crippen molar-refractivity contribution >= 4 is 28.5 Å². The van der Waals surface area contributed by atoms with Crippen molar-refractivity contribution in [1.29, 1.82) is 0 Å². The number of amides is 2. The molecule has 3 aromatic heterocycles. The summed E-state index contributed by atoms with van der Waals surface area (Å²) >= 11 is 0. The van der Waals surface area contributed by atoms with E-state index >= 15 is 0 Å². The van der Waals surface area contributed by atoms with E-state index in [1.807, 2.05) is 36.4 Å². The second kappa shape index (κ2) is 11.3. The molecule has 5 heterocycles. The molecule has 3 atom stereocenters. The van der Waals surface area contributed by atoms with E-state index in [4.69, 9.17) is 9.72 Å². The van der Waals surface area contributed by atoms with Crippen molar-refractivity contribution in [2.45, 2.75) is 43.7 Å². The zero-order valence-corrected chi connectivity index (χ0v) is 24.0. The first-order chi connectivity index (χ1) is 21.0. The average Bonchev–Trinajstić information content (AvgIpc) is 3.63. The molecule has 4 aromatic rings. The van der Waals surface area contributed by atoms with E-state index in [2.05, 4.69) is 43.1 Å². The molecule has 7 rings (SSSR count). The Hall–Kier alpha value is -4.41. The van der Waals surface area contributed by atoms with Crippen LogP contribution in [0.1, 0.15) is 47.4 Å². The number of pyridine rings is 1. The second-order valence-electron chi connectivity index (χ2n) is 11.9. The van der Waals surface area contributed by atoms with E-state index < -0.39 is 0 Å². The highest BCUT2D eigenvalue weighted by molar-refractivity contribution is 6.03. The van der Waals surface area contributed by atoms with Gasteiger partial charge in [0, 0.05) is 54.1 Å². The molecule has 43 heavy (non-hydrogen) atoms. The number of nitrogens with zero attached hydrogens (tertiary/aromatic N) is 4. The Morgan fingerprint density at radius 2 is 2.05 bits per heavy atom. The number of likely N-dealkylation sites (tertiary alicyclic amines) is 1. The molecular formula is C33H35N7O3. The average molecular weight is 578 g/mol. The van der Waals surface area contributed by atoms with Gasteiger partial charge in [-0.1, -0.05) is 18.7 Å². The van der Waals surface area contributed by atoms with E-state index in [1.54, 1.807) is 12.5 Å². The number of hydrogen-bond donors (Lipinski definition) is 3. The molecule has 1 aliphatic carbocycles. The van der Waals surface area contributed by atoms with Gasteiger partial charge in [0.05, 0.1) is 12.3 Å². The Balaban J connectivity index is 1.01. The zero-order chi connectivity index (χ0) is 29.4. The maximum Gasteiger partial charge on any atom is 0.274 e. The lowest BCUT2D eigenvalue weighted by Gasteiger charge is -2.33. The van der Waals surface area contributed by atoms with Crippen molar-refractivity contribution in [2.75, 3.05) is 31.6 Å². The van der Waals surface area contributed by atoms with Crippen molar-refractivity contribution in [3.63, 3.8) is 0 Å². The number of ether oxygens (including phenoxy) is 1.